The highest BCUT2D eigenvalue weighted by atomic mass is 35.5. The number of halogens is 1. The summed E-state index contributed by atoms with van der Waals surface area (Å²) in [6.07, 6.45) is 6.34. The molecule has 1 unspecified atom stereocenters. The number of furan rings is 1. The number of likely N-dealkylation sites (tertiary alicyclic amines) is 1. The van der Waals surface area contributed by atoms with Gasteiger partial charge in [0.1, 0.15) is 5.82 Å². The lowest BCUT2D eigenvalue weighted by molar-refractivity contribution is 0.0696. The van der Waals surface area contributed by atoms with Crippen molar-refractivity contribution < 1.29 is 9.21 Å². The lowest BCUT2D eigenvalue weighted by Gasteiger charge is -2.24. The first kappa shape index (κ1) is 17.7. The number of fused-ring (bicyclic) bond motifs is 2. The first-order valence-electron chi connectivity index (χ1n) is 10.1. The number of hydrogen-bond donors (Lipinski definition) is 0. The molecule has 0 spiro atoms. The van der Waals surface area contributed by atoms with E-state index in [4.69, 9.17) is 16.0 Å². The van der Waals surface area contributed by atoms with Crippen LogP contribution in [0.1, 0.15) is 65.9 Å². The maximum absolute atomic E-state index is 13.4. The van der Waals surface area contributed by atoms with Crippen molar-refractivity contribution in [1.82, 2.24) is 19.7 Å². The summed E-state index contributed by atoms with van der Waals surface area (Å²) in [7, 11) is 0. The predicted octanol–water partition coefficient (Wildman–Crippen LogP) is 4.69. The lowest BCUT2D eigenvalue weighted by Crippen LogP contribution is -2.32. The third-order valence-electron chi connectivity index (χ3n) is 6.06. The highest BCUT2D eigenvalue weighted by molar-refractivity contribution is 6.35. The summed E-state index contributed by atoms with van der Waals surface area (Å²) in [4.78, 5) is 15.3. The molecule has 5 rings (SSSR count). The molecule has 28 heavy (non-hydrogen) atoms. The van der Waals surface area contributed by atoms with Crippen molar-refractivity contribution in [2.75, 3.05) is 6.54 Å². The molecule has 1 amide bonds. The second-order valence-corrected chi connectivity index (χ2v) is 8.17. The van der Waals surface area contributed by atoms with Gasteiger partial charge in [0, 0.05) is 30.5 Å². The summed E-state index contributed by atoms with van der Waals surface area (Å²) >= 11 is 6.27. The normalized spacial score (nSPS) is 19.8. The molecule has 1 fully saturated rings. The van der Waals surface area contributed by atoms with E-state index in [2.05, 4.69) is 14.8 Å². The maximum Gasteiger partial charge on any atom is 0.290 e. The molecule has 1 aromatic carbocycles. The average molecular weight is 399 g/mol. The molecule has 146 valence electrons. The molecular formula is C21H23ClN4O2. The van der Waals surface area contributed by atoms with Crippen LogP contribution in [0.4, 0.5) is 0 Å². The molecule has 0 N–H and O–H groups in total. The number of hydrogen-bond acceptors (Lipinski definition) is 4. The molecule has 0 aliphatic carbocycles. The summed E-state index contributed by atoms with van der Waals surface area (Å²) in [6.45, 7) is 3.56. The van der Waals surface area contributed by atoms with Crippen LogP contribution in [0, 0.1) is 6.92 Å². The largest absolute Gasteiger partial charge is 0.449 e. The van der Waals surface area contributed by atoms with Gasteiger partial charge in [0.15, 0.2) is 17.2 Å². The van der Waals surface area contributed by atoms with Crippen LogP contribution < -0.4 is 0 Å². The smallest absolute Gasteiger partial charge is 0.290 e. The van der Waals surface area contributed by atoms with Crippen molar-refractivity contribution in [2.24, 2.45) is 0 Å². The fourth-order valence-corrected chi connectivity index (χ4v) is 4.79. The summed E-state index contributed by atoms with van der Waals surface area (Å²) in [5.74, 6) is 2.27. The van der Waals surface area contributed by atoms with Crippen LogP contribution in [0.15, 0.2) is 22.6 Å². The Kier molecular flexibility index (Phi) is 4.38. The third-order valence-corrected chi connectivity index (χ3v) is 6.36. The first-order chi connectivity index (χ1) is 13.6. The van der Waals surface area contributed by atoms with Crippen LogP contribution in [-0.2, 0) is 13.0 Å². The van der Waals surface area contributed by atoms with Crippen LogP contribution in [-0.4, -0.2) is 32.1 Å². The van der Waals surface area contributed by atoms with Crippen molar-refractivity contribution in [2.45, 2.75) is 58.0 Å². The van der Waals surface area contributed by atoms with Crippen LogP contribution >= 0.6 is 11.6 Å². The fraction of sp³-hybridized carbons (Fsp3) is 0.476. The highest BCUT2D eigenvalue weighted by Crippen LogP contribution is 2.36. The zero-order valence-corrected chi connectivity index (χ0v) is 16.7. The van der Waals surface area contributed by atoms with E-state index in [1.54, 1.807) is 6.07 Å². The Bertz CT molecular complexity index is 1050. The molecule has 6 nitrogen and oxygen atoms in total. The van der Waals surface area contributed by atoms with Crippen molar-refractivity contribution in [3.63, 3.8) is 0 Å². The number of aromatic nitrogens is 3. The van der Waals surface area contributed by atoms with Gasteiger partial charge in [0.2, 0.25) is 0 Å². The Morgan fingerprint density at radius 2 is 2.07 bits per heavy atom. The van der Waals surface area contributed by atoms with Crippen molar-refractivity contribution >= 4 is 28.5 Å². The SMILES string of the molecule is Cc1c(C(=O)N2CCCC2c2nnc3n2CCCCC3)oc2c(Cl)cccc12. The summed E-state index contributed by atoms with van der Waals surface area (Å²) in [6, 6.07) is 5.56. The van der Waals surface area contributed by atoms with Crippen LogP contribution in [0.25, 0.3) is 11.0 Å². The molecule has 2 aliphatic rings. The highest BCUT2D eigenvalue weighted by Gasteiger charge is 2.37. The summed E-state index contributed by atoms with van der Waals surface area (Å²) in [5, 5.41) is 10.3. The van der Waals surface area contributed by atoms with Gasteiger partial charge in [-0.25, -0.2) is 0 Å². The van der Waals surface area contributed by atoms with Gasteiger partial charge in [-0.05, 0) is 38.7 Å². The number of nitrogens with zero attached hydrogens (tertiary/aromatic N) is 4. The molecule has 4 heterocycles. The number of amides is 1. The zero-order valence-electron chi connectivity index (χ0n) is 15.9. The second-order valence-electron chi connectivity index (χ2n) is 7.77. The Morgan fingerprint density at radius 3 is 2.93 bits per heavy atom. The number of aryl methyl sites for hydroxylation is 2. The third kappa shape index (κ3) is 2.73. The van der Waals surface area contributed by atoms with E-state index in [0.29, 0.717) is 22.9 Å². The van der Waals surface area contributed by atoms with Gasteiger partial charge in [0.25, 0.3) is 5.91 Å². The van der Waals surface area contributed by atoms with Gasteiger partial charge < -0.3 is 13.9 Å². The van der Waals surface area contributed by atoms with Gasteiger partial charge in [-0.15, -0.1) is 10.2 Å². The Balaban J connectivity index is 1.51. The fourth-order valence-electron chi connectivity index (χ4n) is 4.58. The molecule has 3 aromatic rings. The molecule has 0 bridgehead atoms. The summed E-state index contributed by atoms with van der Waals surface area (Å²) < 4.78 is 8.18. The minimum Gasteiger partial charge on any atom is -0.449 e. The number of carbonyl (C=O) groups is 1. The minimum atomic E-state index is -0.0850. The van der Waals surface area contributed by atoms with Gasteiger partial charge in [-0.1, -0.05) is 30.2 Å². The van der Waals surface area contributed by atoms with Crippen molar-refractivity contribution in [3.05, 3.63) is 46.2 Å². The van der Waals surface area contributed by atoms with Gasteiger partial charge >= 0.3 is 0 Å². The van der Waals surface area contributed by atoms with Gasteiger partial charge in [-0.3, -0.25) is 4.79 Å². The molecule has 0 saturated carbocycles. The Morgan fingerprint density at radius 1 is 1.18 bits per heavy atom. The topological polar surface area (TPSA) is 64.2 Å². The number of benzene rings is 1. The second kappa shape index (κ2) is 6.92. The molecule has 7 heteroatoms. The molecule has 2 aromatic heterocycles. The Labute approximate surface area is 168 Å². The molecule has 1 saturated heterocycles. The number of rotatable bonds is 2. The summed E-state index contributed by atoms with van der Waals surface area (Å²) in [5.41, 5.74) is 1.42. The maximum atomic E-state index is 13.4. The first-order valence-corrected chi connectivity index (χ1v) is 10.4. The molecule has 2 aliphatic heterocycles. The van der Waals surface area contributed by atoms with E-state index in [-0.39, 0.29) is 11.9 Å². The number of para-hydroxylation sites is 1. The van der Waals surface area contributed by atoms with Crippen LogP contribution in [0.3, 0.4) is 0 Å². The van der Waals surface area contributed by atoms with E-state index >= 15 is 0 Å². The van der Waals surface area contributed by atoms with Gasteiger partial charge in [0.05, 0.1) is 11.1 Å². The van der Waals surface area contributed by atoms with E-state index in [9.17, 15) is 4.79 Å². The molecule has 1 atom stereocenters. The quantitative estimate of drug-likeness (QED) is 0.628. The predicted molar refractivity (Wildman–Crippen MR) is 107 cm³/mol. The minimum absolute atomic E-state index is 0.0464. The van der Waals surface area contributed by atoms with Gasteiger partial charge in [-0.2, -0.15) is 0 Å². The molecular weight excluding hydrogens is 376 g/mol. The van der Waals surface area contributed by atoms with E-state index in [1.165, 1.54) is 6.42 Å². The molecule has 0 radical (unpaired) electrons. The monoisotopic (exact) mass is 398 g/mol. The average Bonchev–Trinajstić information content (AvgIpc) is 3.36. The van der Waals surface area contributed by atoms with Crippen LogP contribution in [0.2, 0.25) is 5.02 Å². The zero-order chi connectivity index (χ0) is 19.3. The van der Waals surface area contributed by atoms with E-state index < -0.39 is 0 Å². The van der Waals surface area contributed by atoms with Crippen molar-refractivity contribution in [1.29, 1.82) is 0 Å². The van der Waals surface area contributed by atoms with Crippen LogP contribution in [0.5, 0.6) is 0 Å². The standard InChI is InChI=1S/C21H23ClN4O2/c1-13-14-7-5-8-15(22)19(14)28-18(13)21(27)25-12-6-9-16(25)20-24-23-17-10-3-2-4-11-26(17)20/h5,7-8,16H,2-4,6,9-12H2,1H3. The van der Waals surface area contributed by atoms with E-state index in [1.807, 2.05) is 24.0 Å². The van der Waals surface area contributed by atoms with E-state index in [0.717, 1.165) is 61.2 Å². The Hall–Kier alpha value is -2.34. The number of carbonyl (C=O) groups excluding carboxylic acids is 1. The van der Waals surface area contributed by atoms with Crippen molar-refractivity contribution in [3.8, 4) is 0 Å². The lowest BCUT2D eigenvalue weighted by atomic mass is 10.1.